The number of amides is 3. The largest absolute Gasteiger partial charge is 0.488 e. The number of hydrogen-bond donors (Lipinski definition) is 5. The molecular formula is C47H52N8O7. The lowest BCUT2D eigenvalue weighted by Gasteiger charge is -2.34. The van der Waals surface area contributed by atoms with E-state index in [1.165, 1.54) is 7.11 Å². The first-order valence-corrected chi connectivity index (χ1v) is 21.8. The van der Waals surface area contributed by atoms with E-state index >= 15 is 0 Å². The van der Waals surface area contributed by atoms with Crippen molar-refractivity contribution in [2.45, 2.75) is 96.0 Å². The van der Waals surface area contributed by atoms with E-state index in [2.05, 4.69) is 43.7 Å². The predicted molar refractivity (Wildman–Crippen MR) is 228 cm³/mol. The standard InChI is InChI=1S/C47H52N8O7/c1-25(2)40(53-47(59)60-3)45(57)54-15-7-11-34(54)42-48-21-32(50-42)28-17-30-23-62-37-20-29(18-31-24-61-36(19-28)38(30)39(31)37)33-22-49-43(51-33)35-12-8-16-55(35)46(58)41(26-9-5-4-6-10-26)52-44(56)27-13-14-27/h4-6,9-10,17-22,25,27,34-35,40-41,46,58H,7-8,11-16,23-24H2,1-3H3,(H,48,50)(H,49,51)(H,52,56)(H,53,59)/t34-,35-,40-,41+,46?/m0/s1. The predicted octanol–water partition coefficient (Wildman–Crippen LogP) is 6.69. The van der Waals surface area contributed by atoms with Crippen LogP contribution in [-0.4, -0.2) is 85.2 Å². The molecule has 5 aromatic rings. The number of hydrogen-bond acceptors (Lipinski definition) is 10. The second-order valence-corrected chi connectivity index (χ2v) is 17.5. The molecule has 4 aliphatic heterocycles. The van der Waals surface area contributed by atoms with E-state index in [0.29, 0.717) is 32.1 Å². The fourth-order valence-electron chi connectivity index (χ4n) is 9.69. The van der Waals surface area contributed by atoms with Gasteiger partial charge in [-0.3, -0.25) is 14.5 Å². The molecule has 3 aromatic carbocycles. The average molecular weight is 841 g/mol. The molecule has 15 heteroatoms. The second-order valence-electron chi connectivity index (χ2n) is 17.5. The van der Waals surface area contributed by atoms with E-state index < -0.39 is 24.4 Å². The fourth-order valence-corrected chi connectivity index (χ4v) is 9.69. The van der Waals surface area contributed by atoms with Crippen molar-refractivity contribution in [2.75, 3.05) is 20.2 Å². The third-order valence-electron chi connectivity index (χ3n) is 13.1. The van der Waals surface area contributed by atoms with Gasteiger partial charge in [-0.2, -0.15) is 0 Å². The Bertz CT molecular complexity index is 2460. The summed E-state index contributed by atoms with van der Waals surface area (Å²) >= 11 is 0. The van der Waals surface area contributed by atoms with Crippen molar-refractivity contribution in [1.29, 1.82) is 0 Å². The summed E-state index contributed by atoms with van der Waals surface area (Å²) in [5.74, 6) is 2.77. The molecular weight excluding hydrogens is 789 g/mol. The first-order chi connectivity index (χ1) is 30.1. The average Bonchev–Trinajstić information content (AvgIpc) is 3.74. The molecule has 1 unspecified atom stereocenters. The van der Waals surface area contributed by atoms with Gasteiger partial charge in [-0.1, -0.05) is 44.2 Å². The third-order valence-corrected chi connectivity index (χ3v) is 13.1. The van der Waals surface area contributed by atoms with Gasteiger partial charge in [0.1, 0.15) is 48.6 Å². The van der Waals surface area contributed by atoms with Crippen molar-refractivity contribution >= 4 is 17.9 Å². The molecule has 5 aliphatic rings. The molecule has 2 aromatic heterocycles. The quantitative estimate of drug-likeness (QED) is 0.0907. The number of benzene rings is 3. The van der Waals surface area contributed by atoms with Crippen molar-refractivity contribution in [2.24, 2.45) is 11.8 Å². The van der Waals surface area contributed by atoms with Gasteiger partial charge in [0.05, 0.1) is 49.0 Å². The Hall–Kier alpha value is -6.19. The van der Waals surface area contributed by atoms with Gasteiger partial charge in [-0.25, -0.2) is 14.8 Å². The maximum Gasteiger partial charge on any atom is 0.407 e. The fraction of sp³-hybridized carbons (Fsp3) is 0.426. The number of ether oxygens (including phenoxy) is 3. The zero-order valence-corrected chi connectivity index (χ0v) is 35.1. The molecule has 3 fully saturated rings. The smallest absolute Gasteiger partial charge is 0.407 e. The molecule has 3 amide bonds. The van der Waals surface area contributed by atoms with Crippen molar-refractivity contribution in [3.8, 4) is 45.1 Å². The van der Waals surface area contributed by atoms with Gasteiger partial charge in [0.2, 0.25) is 11.8 Å². The van der Waals surface area contributed by atoms with Crippen LogP contribution in [0.2, 0.25) is 0 Å². The number of aromatic nitrogens is 4. The van der Waals surface area contributed by atoms with Crippen LogP contribution < -0.4 is 20.1 Å². The highest BCUT2D eigenvalue weighted by molar-refractivity contribution is 5.89. The van der Waals surface area contributed by atoms with Crippen LogP contribution in [0.25, 0.3) is 33.6 Å². The number of aliphatic hydroxyl groups excluding tert-OH is 1. The highest BCUT2D eigenvalue weighted by Crippen LogP contribution is 2.51. The molecule has 2 saturated heterocycles. The number of alkyl carbamates (subject to hydrolysis) is 1. The lowest BCUT2D eigenvalue weighted by atomic mass is 9.87. The van der Waals surface area contributed by atoms with E-state index in [4.69, 9.17) is 24.2 Å². The minimum atomic E-state index is -0.931. The number of H-pyrrole nitrogens is 2. The number of imidazole rings is 2. The molecule has 5 atom stereocenters. The summed E-state index contributed by atoms with van der Waals surface area (Å²) in [6, 6.07) is 16.4. The number of carbonyl (C=O) groups excluding carboxylic acids is 3. The molecule has 62 heavy (non-hydrogen) atoms. The molecule has 5 N–H and O–H groups in total. The lowest BCUT2D eigenvalue weighted by Crippen LogP contribution is -2.51. The summed E-state index contributed by atoms with van der Waals surface area (Å²) in [4.78, 5) is 59.2. The normalized spacial score (nSPS) is 20.5. The summed E-state index contributed by atoms with van der Waals surface area (Å²) in [5.41, 5.74) is 8.43. The van der Waals surface area contributed by atoms with Crippen LogP contribution in [0.3, 0.4) is 0 Å². The second kappa shape index (κ2) is 16.3. The van der Waals surface area contributed by atoms with E-state index in [9.17, 15) is 19.5 Å². The van der Waals surface area contributed by atoms with Gasteiger partial charge >= 0.3 is 6.09 Å². The Morgan fingerprint density at radius 2 is 1.40 bits per heavy atom. The third kappa shape index (κ3) is 7.36. The monoisotopic (exact) mass is 840 g/mol. The minimum Gasteiger partial charge on any atom is -0.488 e. The minimum absolute atomic E-state index is 0.00542. The van der Waals surface area contributed by atoms with E-state index in [1.807, 2.05) is 61.3 Å². The maximum absolute atomic E-state index is 13.7. The highest BCUT2D eigenvalue weighted by Gasteiger charge is 2.41. The van der Waals surface area contributed by atoms with Gasteiger partial charge in [-0.15, -0.1) is 0 Å². The topological polar surface area (TPSA) is 187 Å². The number of carbonyl (C=O) groups is 3. The van der Waals surface area contributed by atoms with E-state index in [0.717, 1.165) is 106 Å². The number of nitrogens with one attached hydrogen (secondary N) is 4. The van der Waals surface area contributed by atoms with E-state index in [-0.39, 0.29) is 35.7 Å². The van der Waals surface area contributed by atoms with Crippen LogP contribution in [0.5, 0.6) is 11.5 Å². The summed E-state index contributed by atoms with van der Waals surface area (Å²) in [7, 11) is 1.29. The van der Waals surface area contributed by atoms with E-state index in [1.54, 1.807) is 6.20 Å². The highest BCUT2D eigenvalue weighted by atomic mass is 16.5. The number of likely N-dealkylation sites (tertiary alicyclic amines) is 2. The van der Waals surface area contributed by atoms with Gasteiger partial charge in [0.15, 0.2) is 0 Å². The van der Waals surface area contributed by atoms with Crippen LogP contribution in [0.15, 0.2) is 67.0 Å². The Morgan fingerprint density at radius 1 is 0.806 bits per heavy atom. The zero-order chi connectivity index (χ0) is 42.6. The number of nitrogens with zero attached hydrogens (tertiary/aromatic N) is 4. The Labute approximate surface area is 359 Å². The van der Waals surface area contributed by atoms with Crippen molar-refractivity contribution in [3.05, 3.63) is 95.3 Å². The number of aromatic amines is 2. The SMILES string of the molecule is COC(=O)N[C@H](C(=O)N1CCC[C@H]1c1ncc(-c2cc3c4c(c2)OCc2cc(-c5cnc([C@@H]6CCCN6C(O)[C@H](NC(=O)C6CC6)c6ccccc6)[nH]5)cc(c2-4)OC3)[nH]1)C(C)C. The Morgan fingerprint density at radius 3 is 2.00 bits per heavy atom. The van der Waals surface area contributed by atoms with Gasteiger partial charge in [0, 0.05) is 52.4 Å². The van der Waals surface area contributed by atoms with Crippen molar-refractivity contribution in [1.82, 2.24) is 40.4 Å². The Kier molecular flexibility index (Phi) is 10.5. The summed E-state index contributed by atoms with van der Waals surface area (Å²) in [6.45, 7) is 5.77. The molecule has 10 rings (SSSR count). The number of aliphatic hydroxyl groups is 1. The maximum atomic E-state index is 13.7. The van der Waals surface area contributed by atoms with Crippen LogP contribution in [0.4, 0.5) is 4.79 Å². The Balaban J connectivity index is 0.874. The zero-order valence-electron chi connectivity index (χ0n) is 35.1. The van der Waals surface area contributed by atoms with Gasteiger partial charge < -0.3 is 44.8 Å². The molecule has 322 valence electrons. The van der Waals surface area contributed by atoms with Crippen LogP contribution in [0.1, 0.15) is 98.8 Å². The van der Waals surface area contributed by atoms with Crippen LogP contribution in [0, 0.1) is 11.8 Å². The first kappa shape index (κ1) is 39.9. The van der Waals surface area contributed by atoms with Gasteiger partial charge in [0.25, 0.3) is 0 Å². The summed E-state index contributed by atoms with van der Waals surface area (Å²) < 4.78 is 17.7. The van der Waals surface area contributed by atoms with Gasteiger partial charge in [-0.05, 0) is 74.3 Å². The molecule has 0 bridgehead atoms. The number of methoxy groups -OCH3 is 1. The molecule has 15 nitrogen and oxygen atoms in total. The molecule has 0 spiro atoms. The summed E-state index contributed by atoms with van der Waals surface area (Å²) in [5, 5.41) is 17.7. The molecule has 1 saturated carbocycles. The molecule has 0 radical (unpaired) electrons. The first-order valence-electron chi connectivity index (χ1n) is 21.8. The van der Waals surface area contributed by atoms with Crippen LogP contribution >= 0.6 is 0 Å². The summed E-state index contributed by atoms with van der Waals surface area (Å²) in [6.07, 6.45) is 7.16. The van der Waals surface area contributed by atoms with Crippen molar-refractivity contribution < 1.29 is 33.7 Å². The molecule has 1 aliphatic carbocycles. The van der Waals surface area contributed by atoms with Crippen molar-refractivity contribution in [3.63, 3.8) is 0 Å². The lowest BCUT2D eigenvalue weighted by molar-refractivity contribution is -0.135. The number of rotatable bonds is 12. The van der Waals surface area contributed by atoms with Crippen LogP contribution in [-0.2, 0) is 27.5 Å². The molecule has 6 heterocycles.